The molecule has 26 heavy (non-hydrogen) atoms. The average Bonchev–Trinajstić information content (AvgIpc) is 2.64. The number of aromatic nitrogens is 3. The Labute approximate surface area is 148 Å². The van der Waals surface area contributed by atoms with Crippen molar-refractivity contribution in [2.45, 2.75) is 6.92 Å². The van der Waals surface area contributed by atoms with Crippen LogP contribution in [0.25, 0.3) is 11.3 Å². The van der Waals surface area contributed by atoms with Crippen molar-refractivity contribution in [1.29, 1.82) is 0 Å². The van der Waals surface area contributed by atoms with Gasteiger partial charge in [0, 0.05) is 42.3 Å². The molecule has 3 aromatic rings. The van der Waals surface area contributed by atoms with E-state index in [2.05, 4.69) is 25.6 Å². The van der Waals surface area contributed by atoms with Crippen molar-refractivity contribution in [3.63, 3.8) is 0 Å². The summed E-state index contributed by atoms with van der Waals surface area (Å²) in [5, 5.41) is 16.9. The lowest BCUT2D eigenvalue weighted by Crippen LogP contribution is -2.05. The van der Waals surface area contributed by atoms with Gasteiger partial charge in [-0.05, 0) is 31.2 Å². The standard InChI is InChI=1S/C17H15FN6O2/c1-2-20-17-22-14(11-4-3-7-19-10-11)9-16(23-17)21-12-5-6-13(18)15(8-12)24(25)26/h3-10H,2H2,1H3,(H2,20,21,22,23). The number of pyridine rings is 1. The highest BCUT2D eigenvalue weighted by molar-refractivity contribution is 5.67. The maximum Gasteiger partial charge on any atom is 0.306 e. The first-order valence-electron chi connectivity index (χ1n) is 7.81. The maximum absolute atomic E-state index is 13.5. The molecule has 0 saturated heterocycles. The van der Waals surface area contributed by atoms with Gasteiger partial charge in [-0.15, -0.1) is 0 Å². The molecule has 1 aromatic carbocycles. The molecule has 8 nitrogen and oxygen atoms in total. The van der Waals surface area contributed by atoms with Gasteiger partial charge in [-0.1, -0.05) is 0 Å². The van der Waals surface area contributed by atoms with Crippen molar-refractivity contribution < 1.29 is 9.31 Å². The summed E-state index contributed by atoms with van der Waals surface area (Å²) in [6, 6.07) is 8.90. The molecule has 0 spiro atoms. The number of halogens is 1. The van der Waals surface area contributed by atoms with E-state index in [0.29, 0.717) is 29.7 Å². The fourth-order valence-electron chi connectivity index (χ4n) is 2.29. The van der Waals surface area contributed by atoms with Gasteiger partial charge in [0.05, 0.1) is 10.6 Å². The molecule has 0 radical (unpaired) electrons. The van der Waals surface area contributed by atoms with Crippen molar-refractivity contribution in [2.75, 3.05) is 17.2 Å². The van der Waals surface area contributed by atoms with Gasteiger partial charge in [-0.25, -0.2) is 4.98 Å². The van der Waals surface area contributed by atoms with Crippen molar-refractivity contribution in [2.24, 2.45) is 0 Å². The third kappa shape index (κ3) is 3.89. The molecule has 0 atom stereocenters. The molecule has 0 bridgehead atoms. The maximum atomic E-state index is 13.5. The highest BCUT2D eigenvalue weighted by atomic mass is 19.1. The number of nitrogens with zero attached hydrogens (tertiary/aromatic N) is 4. The minimum absolute atomic E-state index is 0.344. The Kier molecular flexibility index (Phi) is 4.97. The Hall–Kier alpha value is -3.62. The summed E-state index contributed by atoms with van der Waals surface area (Å²) >= 11 is 0. The van der Waals surface area contributed by atoms with E-state index in [1.165, 1.54) is 6.07 Å². The van der Waals surface area contributed by atoms with Gasteiger partial charge >= 0.3 is 5.69 Å². The number of hydrogen-bond donors (Lipinski definition) is 2. The van der Waals surface area contributed by atoms with Crippen LogP contribution in [0.4, 0.5) is 27.5 Å². The van der Waals surface area contributed by atoms with Gasteiger partial charge in [0.1, 0.15) is 5.82 Å². The number of nitrogens with one attached hydrogen (secondary N) is 2. The molecule has 0 aliphatic carbocycles. The van der Waals surface area contributed by atoms with Crippen LogP contribution in [0.1, 0.15) is 6.92 Å². The zero-order valence-electron chi connectivity index (χ0n) is 13.8. The first kappa shape index (κ1) is 17.2. The lowest BCUT2D eigenvalue weighted by atomic mass is 10.2. The Bertz CT molecular complexity index is 936. The Morgan fingerprint density at radius 2 is 2.08 bits per heavy atom. The molecule has 0 aliphatic heterocycles. The normalized spacial score (nSPS) is 10.4. The van der Waals surface area contributed by atoms with Crippen LogP contribution in [-0.2, 0) is 0 Å². The molecule has 0 unspecified atom stereocenters. The van der Waals surface area contributed by atoms with E-state index >= 15 is 0 Å². The molecule has 0 aliphatic rings. The smallest absolute Gasteiger partial charge is 0.306 e. The zero-order chi connectivity index (χ0) is 18.5. The number of benzene rings is 1. The second kappa shape index (κ2) is 7.51. The van der Waals surface area contributed by atoms with Crippen LogP contribution in [0.3, 0.4) is 0 Å². The highest BCUT2D eigenvalue weighted by Crippen LogP contribution is 2.26. The summed E-state index contributed by atoms with van der Waals surface area (Å²) < 4.78 is 13.5. The van der Waals surface area contributed by atoms with Gasteiger partial charge in [-0.2, -0.15) is 9.37 Å². The minimum atomic E-state index is -0.896. The van der Waals surface area contributed by atoms with Crippen LogP contribution in [0.2, 0.25) is 0 Å². The molecular formula is C17H15FN6O2. The van der Waals surface area contributed by atoms with Crippen molar-refractivity contribution in [3.05, 3.63) is 64.7 Å². The Morgan fingerprint density at radius 3 is 2.77 bits per heavy atom. The molecule has 0 amide bonds. The summed E-state index contributed by atoms with van der Waals surface area (Å²) in [6.07, 6.45) is 3.33. The summed E-state index contributed by atoms with van der Waals surface area (Å²) in [6.45, 7) is 2.54. The van der Waals surface area contributed by atoms with Gasteiger partial charge in [-0.3, -0.25) is 15.1 Å². The predicted molar refractivity (Wildman–Crippen MR) is 95.8 cm³/mol. The summed E-state index contributed by atoms with van der Waals surface area (Å²) in [5.41, 5.74) is 1.16. The SMILES string of the molecule is CCNc1nc(Nc2ccc(F)c([N+](=O)[O-])c2)cc(-c2cccnc2)n1. The molecule has 2 N–H and O–H groups in total. The van der Waals surface area contributed by atoms with Gasteiger partial charge < -0.3 is 10.6 Å². The third-order valence-electron chi connectivity index (χ3n) is 3.43. The molecule has 0 fully saturated rings. The first-order valence-corrected chi connectivity index (χ1v) is 7.81. The van der Waals surface area contributed by atoms with E-state index in [1.807, 2.05) is 13.0 Å². The fourth-order valence-corrected chi connectivity index (χ4v) is 2.29. The number of nitro groups is 1. The Balaban J connectivity index is 1.98. The van der Waals surface area contributed by atoms with Crippen molar-refractivity contribution in [3.8, 4) is 11.3 Å². The Morgan fingerprint density at radius 1 is 1.23 bits per heavy atom. The average molecular weight is 354 g/mol. The van der Waals surface area contributed by atoms with Crippen LogP contribution in [-0.4, -0.2) is 26.4 Å². The van der Waals surface area contributed by atoms with Crippen LogP contribution in [0.5, 0.6) is 0 Å². The second-order valence-corrected chi connectivity index (χ2v) is 5.28. The zero-order valence-corrected chi connectivity index (χ0v) is 13.8. The lowest BCUT2D eigenvalue weighted by molar-refractivity contribution is -0.387. The molecule has 2 aromatic heterocycles. The summed E-state index contributed by atoms with van der Waals surface area (Å²) in [4.78, 5) is 22.9. The van der Waals surface area contributed by atoms with Gasteiger partial charge in [0.15, 0.2) is 0 Å². The molecule has 132 valence electrons. The van der Waals surface area contributed by atoms with Gasteiger partial charge in [0.2, 0.25) is 11.8 Å². The van der Waals surface area contributed by atoms with E-state index in [9.17, 15) is 14.5 Å². The summed E-state index contributed by atoms with van der Waals surface area (Å²) in [7, 11) is 0. The predicted octanol–water partition coefficient (Wildman–Crippen LogP) is 3.76. The van der Waals surface area contributed by atoms with E-state index < -0.39 is 16.4 Å². The topological polar surface area (TPSA) is 106 Å². The fraction of sp³-hybridized carbons (Fsp3) is 0.118. The minimum Gasteiger partial charge on any atom is -0.354 e. The van der Waals surface area contributed by atoms with Crippen molar-refractivity contribution >= 4 is 23.1 Å². The van der Waals surface area contributed by atoms with Crippen molar-refractivity contribution in [1.82, 2.24) is 15.0 Å². The molecule has 9 heteroatoms. The quantitative estimate of drug-likeness (QED) is 0.513. The number of anilines is 3. The van der Waals surface area contributed by atoms with Crippen LogP contribution < -0.4 is 10.6 Å². The largest absolute Gasteiger partial charge is 0.354 e. The van der Waals surface area contributed by atoms with Gasteiger partial charge in [0.25, 0.3) is 0 Å². The molecular weight excluding hydrogens is 339 g/mol. The molecule has 2 heterocycles. The highest BCUT2D eigenvalue weighted by Gasteiger charge is 2.15. The molecule has 0 saturated carbocycles. The number of rotatable bonds is 6. The first-order chi connectivity index (χ1) is 12.6. The lowest BCUT2D eigenvalue weighted by Gasteiger charge is -2.11. The number of nitro benzene ring substituents is 1. The van der Waals surface area contributed by atoms with Crippen LogP contribution in [0.15, 0.2) is 48.8 Å². The third-order valence-corrected chi connectivity index (χ3v) is 3.43. The van der Waals surface area contributed by atoms with E-state index in [1.54, 1.807) is 24.5 Å². The number of hydrogen-bond acceptors (Lipinski definition) is 7. The van der Waals surface area contributed by atoms with Crippen LogP contribution >= 0.6 is 0 Å². The second-order valence-electron chi connectivity index (χ2n) is 5.28. The monoisotopic (exact) mass is 354 g/mol. The van der Waals surface area contributed by atoms with E-state index in [4.69, 9.17) is 0 Å². The molecule has 3 rings (SSSR count). The summed E-state index contributed by atoms with van der Waals surface area (Å²) in [5.74, 6) is -0.0868. The van der Waals surface area contributed by atoms with Crippen LogP contribution in [0, 0.1) is 15.9 Å². The van der Waals surface area contributed by atoms with E-state index in [-0.39, 0.29) is 0 Å². The van der Waals surface area contributed by atoms with E-state index in [0.717, 1.165) is 17.7 Å².